The molecular formula is C20H24FN5O2. The van der Waals surface area contributed by atoms with Crippen molar-refractivity contribution in [2.75, 3.05) is 33.4 Å². The third-order valence-electron chi connectivity index (χ3n) is 5.69. The number of aromatic amines is 1. The van der Waals surface area contributed by atoms with Gasteiger partial charge in [-0.3, -0.25) is 5.10 Å². The molecule has 1 N–H and O–H groups in total. The van der Waals surface area contributed by atoms with Crippen molar-refractivity contribution in [3.63, 3.8) is 0 Å². The van der Waals surface area contributed by atoms with Crippen LogP contribution in [0, 0.1) is 5.82 Å². The fourth-order valence-electron chi connectivity index (χ4n) is 3.66. The number of ether oxygens (including phenoxy) is 2. The highest BCUT2D eigenvalue weighted by Gasteiger charge is 2.40. The Labute approximate surface area is 162 Å². The van der Waals surface area contributed by atoms with Crippen LogP contribution < -0.4 is 4.74 Å². The lowest BCUT2D eigenvalue weighted by atomic mass is 10.1. The summed E-state index contributed by atoms with van der Waals surface area (Å²) in [5.74, 6) is 0.852. The Morgan fingerprint density at radius 3 is 2.82 bits per heavy atom. The zero-order valence-corrected chi connectivity index (χ0v) is 16.1. The van der Waals surface area contributed by atoms with Crippen LogP contribution in [0.15, 0.2) is 29.0 Å². The fraction of sp³-hybridized carbons (Fsp3) is 0.500. The molecule has 0 spiro atoms. The normalized spacial score (nSPS) is 23.8. The molecule has 1 saturated heterocycles. The Morgan fingerprint density at radius 1 is 1.29 bits per heavy atom. The van der Waals surface area contributed by atoms with E-state index in [1.54, 1.807) is 6.07 Å². The summed E-state index contributed by atoms with van der Waals surface area (Å²) in [6.45, 7) is 5.07. The van der Waals surface area contributed by atoms with Crippen LogP contribution in [0.3, 0.4) is 0 Å². The largest absolute Gasteiger partial charge is 0.484 e. The molecule has 1 aliphatic carbocycles. The van der Waals surface area contributed by atoms with Gasteiger partial charge < -0.3 is 19.3 Å². The second-order valence-corrected chi connectivity index (χ2v) is 7.97. The van der Waals surface area contributed by atoms with Gasteiger partial charge in [0.2, 0.25) is 0 Å². The lowest BCUT2D eigenvalue weighted by molar-refractivity contribution is 0.0524. The number of hydrogen-bond acceptors (Lipinski definition) is 6. The number of halogens is 1. The van der Waals surface area contributed by atoms with Gasteiger partial charge in [-0.05, 0) is 31.9 Å². The zero-order valence-electron chi connectivity index (χ0n) is 16.1. The van der Waals surface area contributed by atoms with Gasteiger partial charge in [0.1, 0.15) is 11.4 Å². The summed E-state index contributed by atoms with van der Waals surface area (Å²) in [6.07, 6.45) is 5.83. The average molecular weight is 385 g/mol. The van der Waals surface area contributed by atoms with Crippen LogP contribution >= 0.6 is 0 Å². The van der Waals surface area contributed by atoms with Gasteiger partial charge in [-0.15, -0.1) is 0 Å². The van der Waals surface area contributed by atoms with Gasteiger partial charge in [0.15, 0.2) is 11.6 Å². The van der Waals surface area contributed by atoms with Crippen LogP contribution in [-0.4, -0.2) is 65.3 Å². The van der Waals surface area contributed by atoms with Crippen molar-refractivity contribution in [2.45, 2.75) is 31.4 Å². The standard InChI is InChI=1S/C20H24FN5O2/c1-20(3-4-20)28-17-9-13-15(10-14(17)21)23-24-19(13)16-11-18(22-12-25(16)2)26-5-7-27-8-6-26/h9-12,16H,3-8H2,1-2H3,(H,23,24). The molecule has 2 aliphatic heterocycles. The second-order valence-electron chi connectivity index (χ2n) is 7.97. The number of H-pyrrole nitrogens is 1. The summed E-state index contributed by atoms with van der Waals surface area (Å²) in [4.78, 5) is 8.80. The van der Waals surface area contributed by atoms with Crippen LogP contribution in [-0.2, 0) is 4.74 Å². The number of rotatable bonds is 4. The van der Waals surface area contributed by atoms with Crippen LogP contribution in [0.1, 0.15) is 31.5 Å². The molecular weight excluding hydrogens is 361 g/mol. The van der Waals surface area contributed by atoms with E-state index in [1.807, 2.05) is 25.2 Å². The number of benzene rings is 1. The lowest BCUT2D eigenvalue weighted by Gasteiger charge is -2.33. The predicted molar refractivity (Wildman–Crippen MR) is 104 cm³/mol. The molecule has 28 heavy (non-hydrogen) atoms. The van der Waals surface area contributed by atoms with E-state index >= 15 is 0 Å². The third kappa shape index (κ3) is 3.11. The van der Waals surface area contributed by atoms with Crippen molar-refractivity contribution in [1.29, 1.82) is 0 Å². The number of likely N-dealkylation sites (N-methyl/N-ethyl adjacent to an activating group) is 1. The van der Waals surface area contributed by atoms with E-state index in [-0.39, 0.29) is 17.5 Å². The van der Waals surface area contributed by atoms with Crippen molar-refractivity contribution in [3.8, 4) is 5.75 Å². The first kappa shape index (κ1) is 17.5. The van der Waals surface area contributed by atoms with E-state index in [2.05, 4.69) is 26.2 Å². The van der Waals surface area contributed by atoms with E-state index in [4.69, 9.17) is 9.47 Å². The van der Waals surface area contributed by atoms with Gasteiger partial charge in [-0.25, -0.2) is 9.38 Å². The van der Waals surface area contributed by atoms with E-state index in [0.29, 0.717) is 24.5 Å². The maximum absolute atomic E-state index is 14.5. The van der Waals surface area contributed by atoms with Crippen molar-refractivity contribution in [3.05, 3.63) is 35.5 Å². The Morgan fingerprint density at radius 2 is 2.07 bits per heavy atom. The number of hydrogen-bond donors (Lipinski definition) is 1. The SMILES string of the molecule is CN1C=NC(N2CCOCC2)=CC1c1n[nH]c2cc(F)c(OC3(C)CC3)cc12. The quantitative estimate of drug-likeness (QED) is 0.877. The van der Waals surface area contributed by atoms with Crippen LogP contribution in [0.4, 0.5) is 4.39 Å². The molecule has 7 nitrogen and oxygen atoms in total. The molecule has 8 heteroatoms. The second kappa shape index (κ2) is 6.48. The Balaban J connectivity index is 1.51. The van der Waals surface area contributed by atoms with E-state index in [0.717, 1.165) is 42.8 Å². The van der Waals surface area contributed by atoms with E-state index in [9.17, 15) is 4.39 Å². The van der Waals surface area contributed by atoms with Gasteiger partial charge in [0.05, 0.1) is 36.8 Å². The predicted octanol–water partition coefficient (Wildman–Crippen LogP) is 2.82. The highest BCUT2D eigenvalue weighted by atomic mass is 19.1. The van der Waals surface area contributed by atoms with Crippen LogP contribution in [0.2, 0.25) is 0 Å². The third-order valence-corrected chi connectivity index (χ3v) is 5.69. The number of nitrogens with zero attached hydrogens (tertiary/aromatic N) is 4. The number of nitrogens with one attached hydrogen (secondary N) is 1. The Kier molecular flexibility index (Phi) is 4.04. The van der Waals surface area contributed by atoms with Crippen molar-refractivity contribution in [2.24, 2.45) is 4.99 Å². The number of morpholine rings is 1. The topological polar surface area (TPSA) is 66.0 Å². The van der Waals surface area contributed by atoms with E-state index in [1.165, 1.54) is 6.07 Å². The molecule has 0 amide bonds. The lowest BCUT2D eigenvalue weighted by Crippen LogP contribution is -2.37. The maximum atomic E-state index is 14.5. The summed E-state index contributed by atoms with van der Waals surface area (Å²) in [5, 5.41) is 8.34. The number of fused-ring (bicyclic) bond motifs is 1. The molecule has 2 aromatic rings. The minimum Gasteiger partial charge on any atom is -0.484 e. The van der Waals surface area contributed by atoms with E-state index < -0.39 is 0 Å². The Bertz CT molecular complexity index is 959. The molecule has 1 aromatic heterocycles. The molecule has 2 fully saturated rings. The first-order valence-corrected chi connectivity index (χ1v) is 9.70. The van der Waals surface area contributed by atoms with Gasteiger partial charge in [-0.2, -0.15) is 5.10 Å². The maximum Gasteiger partial charge on any atom is 0.167 e. The highest BCUT2D eigenvalue weighted by Crippen LogP contribution is 2.41. The molecule has 1 atom stereocenters. The highest BCUT2D eigenvalue weighted by molar-refractivity contribution is 5.84. The van der Waals surface area contributed by atoms with Gasteiger partial charge in [0, 0.05) is 31.6 Å². The summed E-state index contributed by atoms with van der Waals surface area (Å²) < 4.78 is 25.8. The van der Waals surface area contributed by atoms with Crippen molar-refractivity contribution >= 4 is 17.2 Å². The molecule has 1 unspecified atom stereocenters. The first-order chi connectivity index (χ1) is 13.5. The summed E-state index contributed by atoms with van der Waals surface area (Å²) in [7, 11) is 1.97. The summed E-state index contributed by atoms with van der Waals surface area (Å²) in [6, 6.07) is 3.14. The van der Waals surface area contributed by atoms with Crippen molar-refractivity contribution < 1.29 is 13.9 Å². The molecule has 1 saturated carbocycles. The van der Waals surface area contributed by atoms with Crippen LogP contribution in [0.25, 0.3) is 10.9 Å². The fourth-order valence-corrected chi connectivity index (χ4v) is 3.66. The number of aliphatic imine (C=N–C) groups is 1. The van der Waals surface area contributed by atoms with Gasteiger partial charge >= 0.3 is 0 Å². The van der Waals surface area contributed by atoms with Gasteiger partial charge in [-0.1, -0.05) is 0 Å². The monoisotopic (exact) mass is 385 g/mol. The van der Waals surface area contributed by atoms with Crippen molar-refractivity contribution in [1.82, 2.24) is 20.0 Å². The Hall–Kier alpha value is -2.61. The molecule has 5 rings (SSSR count). The van der Waals surface area contributed by atoms with Crippen LogP contribution in [0.5, 0.6) is 5.75 Å². The average Bonchev–Trinajstić information content (AvgIpc) is 3.29. The molecule has 148 valence electrons. The molecule has 0 bridgehead atoms. The molecule has 1 aromatic carbocycles. The first-order valence-electron chi connectivity index (χ1n) is 9.70. The zero-order chi connectivity index (χ0) is 19.3. The molecule has 0 radical (unpaired) electrons. The van der Waals surface area contributed by atoms with Gasteiger partial charge in [0.25, 0.3) is 0 Å². The minimum atomic E-state index is -0.362. The smallest absolute Gasteiger partial charge is 0.167 e. The number of aromatic nitrogens is 2. The summed E-state index contributed by atoms with van der Waals surface area (Å²) >= 11 is 0. The minimum absolute atomic E-state index is 0.0982. The summed E-state index contributed by atoms with van der Waals surface area (Å²) in [5.41, 5.74) is 1.26. The molecule has 3 heterocycles. The molecule has 3 aliphatic rings.